The highest BCUT2D eigenvalue weighted by molar-refractivity contribution is 8.00. The van der Waals surface area contributed by atoms with Gasteiger partial charge in [-0.2, -0.15) is 0 Å². The van der Waals surface area contributed by atoms with Gasteiger partial charge in [0, 0.05) is 29.4 Å². The second-order valence-electron chi connectivity index (χ2n) is 6.38. The zero-order valence-electron chi connectivity index (χ0n) is 15.5. The van der Waals surface area contributed by atoms with E-state index in [0.717, 1.165) is 0 Å². The van der Waals surface area contributed by atoms with Gasteiger partial charge < -0.3 is 0 Å². The summed E-state index contributed by atoms with van der Waals surface area (Å²) in [6.45, 7) is 2.12. The molecule has 4 aromatic carbocycles. The number of rotatable bonds is 6. The molecule has 4 aromatic rings. The molecule has 0 bridgehead atoms. The lowest BCUT2D eigenvalue weighted by atomic mass is 10.2. The van der Waals surface area contributed by atoms with E-state index >= 15 is 0 Å². The number of hydrogen-bond acceptors (Lipinski definition) is 3. The second-order valence-corrected chi connectivity index (χ2v) is 9.82. The van der Waals surface area contributed by atoms with E-state index in [-0.39, 0.29) is 0 Å². The monoisotopic (exact) mass is 416 g/mol. The summed E-state index contributed by atoms with van der Waals surface area (Å²) in [5.41, 5.74) is 1.30. The standard InChI is InChI=1S/C25H20S3/c1-19-7-9-21(10-8-19)27-23-15-17-25(18-16-23)28-24-13-11-22(12-14-24)26-20-5-3-2-4-6-20/h2-18H,1H3. The van der Waals surface area contributed by atoms with E-state index in [0.29, 0.717) is 0 Å². The molecule has 0 heterocycles. The lowest BCUT2D eigenvalue weighted by Crippen LogP contribution is -1.78. The molecule has 3 heteroatoms. The van der Waals surface area contributed by atoms with E-state index in [9.17, 15) is 0 Å². The number of aryl methyl sites for hydroxylation is 1. The summed E-state index contributed by atoms with van der Waals surface area (Å²) in [6.07, 6.45) is 0. The quantitative estimate of drug-likeness (QED) is 0.309. The molecule has 0 aliphatic carbocycles. The van der Waals surface area contributed by atoms with Crippen molar-refractivity contribution in [3.05, 3.63) is 109 Å². The van der Waals surface area contributed by atoms with Crippen molar-refractivity contribution in [2.24, 2.45) is 0 Å². The van der Waals surface area contributed by atoms with Crippen molar-refractivity contribution in [2.75, 3.05) is 0 Å². The number of hydrogen-bond donors (Lipinski definition) is 0. The molecule has 0 aromatic heterocycles. The molecule has 0 fully saturated rings. The van der Waals surface area contributed by atoms with Gasteiger partial charge in [0.25, 0.3) is 0 Å². The maximum absolute atomic E-state index is 2.20. The van der Waals surface area contributed by atoms with Gasteiger partial charge >= 0.3 is 0 Å². The fraction of sp³-hybridized carbons (Fsp3) is 0.0400. The van der Waals surface area contributed by atoms with Crippen LogP contribution >= 0.6 is 35.3 Å². The van der Waals surface area contributed by atoms with Crippen molar-refractivity contribution >= 4 is 35.3 Å². The lowest BCUT2D eigenvalue weighted by Gasteiger charge is -2.06. The molecule has 0 amide bonds. The van der Waals surface area contributed by atoms with Gasteiger partial charge in [-0.25, -0.2) is 0 Å². The topological polar surface area (TPSA) is 0 Å². The van der Waals surface area contributed by atoms with Crippen LogP contribution in [0.1, 0.15) is 5.56 Å². The highest BCUT2D eigenvalue weighted by Crippen LogP contribution is 2.34. The van der Waals surface area contributed by atoms with Crippen LogP contribution in [-0.2, 0) is 0 Å². The average Bonchev–Trinajstić information content (AvgIpc) is 2.73. The van der Waals surface area contributed by atoms with E-state index < -0.39 is 0 Å². The van der Waals surface area contributed by atoms with Crippen molar-refractivity contribution in [1.29, 1.82) is 0 Å². The van der Waals surface area contributed by atoms with E-state index in [1.807, 2.05) is 6.07 Å². The molecule has 0 atom stereocenters. The Hall–Kier alpha value is -2.07. The highest BCUT2D eigenvalue weighted by atomic mass is 32.2. The normalized spacial score (nSPS) is 10.8. The molecule has 0 aliphatic rings. The van der Waals surface area contributed by atoms with Crippen LogP contribution in [0, 0.1) is 6.92 Å². The molecule has 0 unspecified atom stereocenters. The maximum Gasteiger partial charge on any atom is 0.0123 e. The van der Waals surface area contributed by atoms with Crippen LogP contribution in [0.4, 0.5) is 0 Å². The summed E-state index contributed by atoms with van der Waals surface area (Å²) < 4.78 is 0. The Bertz CT molecular complexity index is 1010. The third-order valence-corrected chi connectivity index (χ3v) is 7.17. The van der Waals surface area contributed by atoms with Gasteiger partial charge in [0.1, 0.15) is 0 Å². The van der Waals surface area contributed by atoms with Crippen molar-refractivity contribution in [3.63, 3.8) is 0 Å². The Morgan fingerprint density at radius 2 is 0.643 bits per heavy atom. The highest BCUT2D eigenvalue weighted by Gasteiger charge is 2.02. The summed E-state index contributed by atoms with van der Waals surface area (Å²) in [5, 5.41) is 0. The smallest absolute Gasteiger partial charge is 0.0123 e. The minimum atomic E-state index is 1.26. The van der Waals surface area contributed by atoms with Gasteiger partial charge in [0.2, 0.25) is 0 Å². The first-order valence-electron chi connectivity index (χ1n) is 9.10. The fourth-order valence-corrected chi connectivity index (χ4v) is 5.13. The Morgan fingerprint density at radius 1 is 0.357 bits per heavy atom. The van der Waals surface area contributed by atoms with Crippen LogP contribution in [-0.4, -0.2) is 0 Å². The Balaban J connectivity index is 1.36. The first-order valence-corrected chi connectivity index (χ1v) is 11.5. The van der Waals surface area contributed by atoms with Gasteiger partial charge in [-0.3, -0.25) is 0 Å². The maximum atomic E-state index is 2.20. The van der Waals surface area contributed by atoms with Gasteiger partial charge in [0.05, 0.1) is 0 Å². The molecule has 0 spiro atoms. The van der Waals surface area contributed by atoms with Crippen molar-refractivity contribution < 1.29 is 0 Å². The molecule has 0 saturated heterocycles. The predicted molar refractivity (Wildman–Crippen MR) is 123 cm³/mol. The Morgan fingerprint density at radius 3 is 1.00 bits per heavy atom. The van der Waals surface area contributed by atoms with E-state index in [4.69, 9.17) is 0 Å². The summed E-state index contributed by atoms with van der Waals surface area (Å²) in [7, 11) is 0. The van der Waals surface area contributed by atoms with Crippen molar-refractivity contribution in [3.8, 4) is 0 Å². The number of benzene rings is 4. The van der Waals surface area contributed by atoms with Gasteiger partial charge in [-0.15, -0.1) is 0 Å². The zero-order valence-corrected chi connectivity index (χ0v) is 18.0. The van der Waals surface area contributed by atoms with Crippen LogP contribution in [0.3, 0.4) is 0 Å². The van der Waals surface area contributed by atoms with Gasteiger partial charge in [-0.1, -0.05) is 71.2 Å². The molecule has 0 radical (unpaired) electrons. The fourth-order valence-electron chi connectivity index (χ4n) is 2.65. The van der Waals surface area contributed by atoms with Crippen molar-refractivity contribution in [1.82, 2.24) is 0 Å². The molecule has 28 heavy (non-hydrogen) atoms. The molecule has 0 N–H and O–H groups in total. The van der Waals surface area contributed by atoms with Crippen LogP contribution < -0.4 is 0 Å². The van der Waals surface area contributed by atoms with Gasteiger partial charge in [-0.05, 0) is 79.7 Å². The van der Waals surface area contributed by atoms with Crippen LogP contribution in [0.2, 0.25) is 0 Å². The van der Waals surface area contributed by atoms with Crippen LogP contribution in [0.25, 0.3) is 0 Å². The largest absolute Gasteiger partial charge is 0.0901 e. The van der Waals surface area contributed by atoms with Crippen LogP contribution in [0.5, 0.6) is 0 Å². The lowest BCUT2D eigenvalue weighted by molar-refractivity contribution is 1.31. The third kappa shape index (κ3) is 5.48. The molecular weight excluding hydrogens is 396 g/mol. The second kappa shape index (κ2) is 9.42. The van der Waals surface area contributed by atoms with E-state index in [1.54, 1.807) is 35.3 Å². The SMILES string of the molecule is Cc1ccc(Sc2ccc(Sc3ccc(Sc4ccccc4)cc3)cc2)cc1. The van der Waals surface area contributed by atoms with Crippen molar-refractivity contribution in [2.45, 2.75) is 36.3 Å². The molecule has 0 nitrogen and oxygen atoms in total. The van der Waals surface area contributed by atoms with Gasteiger partial charge in [0.15, 0.2) is 0 Å². The third-order valence-electron chi connectivity index (χ3n) is 4.12. The Labute approximate surface area is 179 Å². The minimum Gasteiger partial charge on any atom is -0.0901 e. The summed E-state index contributed by atoms with van der Waals surface area (Å²) >= 11 is 5.40. The first kappa shape index (κ1) is 19.3. The predicted octanol–water partition coefficient (Wildman–Crippen LogP) is 8.45. The minimum absolute atomic E-state index is 1.26. The first-order chi connectivity index (χ1) is 13.7. The zero-order chi connectivity index (χ0) is 19.2. The Kier molecular flexibility index (Phi) is 6.48. The summed E-state index contributed by atoms with van der Waals surface area (Å²) in [4.78, 5) is 7.60. The molecule has 138 valence electrons. The van der Waals surface area contributed by atoms with E-state index in [2.05, 4.69) is 104 Å². The van der Waals surface area contributed by atoms with Crippen LogP contribution in [0.15, 0.2) is 133 Å². The van der Waals surface area contributed by atoms with E-state index in [1.165, 1.54) is 34.9 Å². The molecule has 0 aliphatic heterocycles. The molecule has 4 rings (SSSR count). The average molecular weight is 417 g/mol. The summed E-state index contributed by atoms with van der Waals surface area (Å²) in [6, 6.07) is 36.8. The summed E-state index contributed by atoms with van der Waals surface area (Å²) in [5.74, 6) is 0. The molecular formula is C25H20S3. The molecule has 0 saturated carbocycles.